The van der Waals surface area contributed by atoms with Gasteiger partial charge in [-0.15, -0.1) is 0 Å². The van der Waals surface area contributed by atoms with Crippen LogP contribution in [0, 0.1) is 10.1 Å². The Morgan fingerprint density at radius 1 is 1.36 bits per heavy atom. The molecule has 1 aliphatic rings. The lowest BCUT2D eigenvalue weighted by Crippen LogP contribution is -2.62. The third-order valence-corrected chi connectivity index (χ3v) is 3.62. The van der Waals surface area contributed by atoms with Crippen molar-refractivity contribution in [2.45, 2.75) is 30.7 Å². The van der Waals surface area contributed by atoms with Crippen molar-refractivity contribution < 1.29 is 38.9 Å². The second kappa shape index (κ2) is 8.07. The van der Waals surface area contributed by atoms with Gasteiger partial charge in [0.2, 0.25) is 6.29 Å². The number of aliphatic hydroxyl groups excluding tert-OH is 2. The molecule has 0 bridgehead atoms. The first-order valence-corrected chi connectivity index (χ1v) is 7.21. The normalized spacial score (nSPS) is 29.0. The minimum atomic E-state index is -1.39. The number of benzene rings is 1. The molecule has 0 aliphatic carbocycles. The number of nitro benzene ring substituents is 1. The van der Waals surface area contributed by atoms with Crippen LogP contribution in [0.2, 0.25) is 0 Å². The first-order chi connectivity index (χ1) is 11.9. The second-order valence-electron chi connectivity index (χ2n) is 5.19. The van der Waals surface area contributed by atoms with E-state index in [0.29, 0.717) is 0 Å². The molecule has 1 saturated heterocycles. The molecule has 138 valence electrons. The molecule has 0 unspecified atom stereocenters. The van der Waals surface area contributed by atoms with Crippen molar-refractivity contribution in [3.8, 4) is 5.75 Å². The molecule has 11 heteroatoms. The van der Waals surface area contributed by atoms with Crippen molar-refractivity contribution in [3.05, 3.63) is 34.4 Å². The Bertz CT molecular complexity index is 609. The van der Waals surface area contributed by atoms with Crippen molar-refractivity contribution >= 4 is 11.8 Å². The van der Waals surface area contributed by atoms with Gasteiger partial charge in [0.1, 0.15) is 18.0 Å². The molecule has 1 amide bonds. The number of nitro groups is 1. The first kappa shape index (κ1) is 18.9. The standard InChI is InChI=1S/C14H18N2O9/c1-22-12-11(25-14(15)19)10(18)9(6-17)24-13(12)23-8-4-2-7(3-5-8)16(20)21/h2-5,9-13,17-18H,6H2,1H3,(H2,15,19)/t9-,10+,11+,12-,13-/m1/s1. The number of nitrogens with zero attached hydrogens (tertiary/aromatic N) is 1. The summed E-state index contributed by atoms with van der Waals surface area (Å²) in [4.78, 5) is 21.2. The molecule has 0 aromatic heterocycles. The number of rotatable bonds is 6. The molecule has 25 heavy (non-hydrogen) atoms. The number of methoxy groups -OCH3 is 1. The minimum Gasteiger partial charge on any atom is -0.462 e. The number of carbonyl (C=O) groups is 1. The van der Waals surface area contributed by atoms with Crippen LogP contribution in [0.3, 0.4) is 0 Å². The van der Waals surface area contributed by atoms with E-state index in [-0.39, 0.29) is 11.4 Å². The zero-order valence-corrected chi connectivity index (χ0v) is 13.2. The van der Waals surface area contributed by atoms with Gasteiger partial charge < -0.3 is 34.9 Å². The van der Waals surface area contributed by atoms with Gasteiger partial charge in [0.25, 0.3) is 5.69 Å². The summed E-state index contributed by atoms with van der Waals surface area (Å²) < 4.78 is 21.0. The summed E-state index contributed by atoms with van der Waals surface area (Å²) in [6, 6.07) is 5.15. The Morgan fingerprint density at radius 2 is 2.00 bits per heavy atom. The number of carbonyl (C=O) groups excluding carboxylic acids is 1. The van der Waals surface area contributed by atoms with Gasteiger partial charge in [-0.3, -0.25) is 10.1 Å². The molecular weight excluding hydrogens is 340 g/mol. The van der Waals surface area contributed by atoms with Gasteiger partial charge in [-0.1, -0.05) is 0 Å². The molecule has 5 atom stereocenters. The summed E-state index contributed by atoms with van der Waals surface area (Å²) in [5.41, 5.74) is 4.87. The Hall–Kier alpha value is -2.47. The molecule has 1 aromatic rings. The fourth-order valence-corrected chi connectivity index (χ4v) is 2.43. The van der Waals surface area contributed by atoms with Crippen molar-refractivity contribution in [1.82, 2.24) is 0 Å². The number of hydrogen-bond acceptors (Lipinski definition) is 9. The van der Waals surface area contributed by atoms with Crippen molar-refractivity contribution in [2.75, 3.05) is 13.7 Å². The van der Waals surface area contributed by atoms with E-state index >= 15 is 0 Å². The third kappa shape index (κ3) is 4.33. The van der Waals surface area contributed by atoms with Gasteiger partial charge in [0, 0.05) is 19.2 Å². The SMILES string of the molecule is CO[C@H]1[C@H](Oc2ccc([N+](=O)[O-])cc2)O[C@H](CO)[C@H](O)[C@@H]1OC(N)=O. The van der Waals surface area contributed by atoms with Gasteiger partial charge in [-0.05, 0) is 12.1 Å². The van der Waals surface area contributed by atoms with Crippen molar-refractivity contribution in [2.24, 2.45) is 5.73 Å². The zero-order chi connectivity index (χ0) is 18.6. The zero-order valence-electron chi connectivity index (χ0n) is 13.2. The van der Waals surface area contributed by atoms with E-state index in [2.05, 4.69) is 0 Å². The summed E-state index contributed by atoms with van der Waals surface area (Å²) >= 11 is 0. The largest absolute Gasteiger partial charge is 0.462 e. The quantitative estimate of drug-likeness (QED) is 0.450. The summed E-state index contributed by atoms with van der Waals surface area (Å²) in [7, 11) is 1.28. The summed E-state index contributed by atoms with van der Waals surface area (Å²) in [6.07, 6.45) is -7.11. The molecule has 0 spiro atoms. The maximum atomic E-state index is 11.1. The lowest BCUT2D eigenvalue weighted by Gasteiger charge is -2.42. The van der Waals surface area contributed by atoms with Crippen LogP contribution in [0.4, 0.5) is 10.5 Å². The molecular formula is C14H18N2O9. The van der Waals surface area contributed by atoms with Crippen LogP contribution in [-0.2, 0) is 14.2 Å². The minimum absolute atomic E-state index is 0.126. The monoisotopic (exact) mass is 358 g/mol. The van der Waals surface area contributed by atoms with Gasteiger partial charge in [0.05, 0.1) is 11.5 Å². The maximum Gasteiger partial charge on any atom is 0.404 e. The highest BCUT2D eigenvalue weighted by Crippen LogP contribution is 2.28. The number of primary amides is 1. The Labute approximate surface area is 142 Å². The molecule has 11 nitrogen and oxygen atoms in total. The molecule has 1 heterocycles. The highest BCUT2D eigenvalue weighted by Gasteiger charge is 2.48. The van der Waals surface area contributed by atoms with E-state index in [1.165, 1.54) is 31.4 Å². The van der Waals surface area contributed by atoms with Crippen LogP contribution >= 0.6 is 0 Å². The van der Waals surface area contributed by atoms with Gasteiger partial charge in [-0.2, -0.15) is 0 Å². The number of hydrogen-bond donors (Lipinski definition) is 3. The van der Waals surface area contributed by atoms with E-state index < -0.39 is 48.3 Å². The van der Waals surface area contributed by atoms with Crippen LogP contribution in [0.25, 0.3) is 0 Å². The second-order valence-corrected chi connectivity index (χ2v) is 5.19. The van der Waals surface area contributed by atoms with E-state index in [4.69, 9.17) is 24.7 Å². The predicted molar refractivity (Wildman–Crippen MR) is 80.7 cm³/mol. The summed E-state index contributed by atoms with van der Waals surface area (Å²) in [5.74, 6) is 0.212. The van der Waals surface area contributed by atoms with E-state index in [1.807, 2.05) is 0 Å². The number of aliphatic hydroxyl groups is 2. The fraction of sp³-hybridized carbons (Fsp3) is 0.500. The van der Waals surface area contributed by atoms with Gasteiger partial charge in [0.15, 0.2) is 12.2 Å². The molecule has 4 N–H and O–H groups in total. The van der Waals surface area contributed by atoms with Crippen molar-refractivity contribution in [3.63, 3.8) is 0 Å². The highest BCUT2D eigenvalue weighted by molar-refractivity contribution is 5.65. The van der Waals surface area contributed by atoms with Gasteiger partial charge >= 0.3 is 6.09 Å². The number of nitrogens with two attached hydrogens (primary N) is 1. The maximum absolute atomic E-state index is 11.1. The predicted octanol–water partition coefficient (Wildman–Crippen LogP) is -0.469. The van der Waals surface area contributed by atoms with Crippen LogP contribution < -0.4 is 10.5 Å². The van der Waals surface area contributed by atoms with E-state index in [1.54, 1.807) is 0 Å². The van der Waals surface area contributed by atoms with Gasteiger partial charge in [-0.25, -0.2) is 4.79 Å². The van der Waals surface area contributed by atoms with Crippen LogP contribution in [0.1, 0.15) is 0 Å². The molecule has 0 saturated carbocycles. The van der Waals surface area contributed by atoms with Crippen molar-refractivity contribution in [1.29, 1.82) is 0 Å². The van der Waals surface area contributed by atoms with E-state index in [0.717, 1.165) is 0 Å². The molecule has 1 fully saturated rings. The Kier molecular flexibility index (Phi) is 6.09. The number of amides is 1. The Balaban J connectivity index is 2.21. The van der Waals surface area contributed by atoms with Crippen LogP contribution in [0.5, 0.6) is 5.75 Å². The summed E-state index contributed by atoms with van der Waals surface area (Å²) in [5, 5.41) is 30.1. The molecule has 2 rings (SSSR count). The smallest absolute Gasteiger partial charge is 0.404 e. The average Bonchev–Trinajstić information content (AvgIpc) is 2.57. The number of non-ortho nitro benzene ring substituents is 1. The first-order valence-electron chi connectivity index (χ1n) is 7.21. The average molecular weight is 358 g/mol. The molecule has 0 radical (unpaired) electrons. The number of ether oxygens (including phenoxy) is 4. The molecule has 1 aliphatic heterocycles. The van der Waals surface area contributed by atoms with E-state index in [9.17, 15) is 25.1 Å². The lowest BCUT2D eigenvalue weighted by molar-refractivity contribution is -0.384. The van der Waals surface area contributed by atoms with Crippen LogP contribution in [-0.4, -0.2) is 65.7 Å². The molecule has 1 aromatic carbocycles. The summed E-state index contributed by atoms with van der Waals surface area (Å²) in [6.45, 7) is -0.573. The lowest BCUT2D eigenvalue weighted by atomic mass is 9.99. The van der Waals surface area contributed by atoms with Crippen LogP contribution in [0.15, 0.2) is 24.3 Å². The third-order valence-electron chi connectivity index (χ3n) is 3.62. The fourth-order valence-electron chi connectivity index (χ4n) is 2.43. The highest BCUT2D eigenvalue weighted by atomic mass is 16.7. The topological polar surface area (TPSA) is 164 Å². The Morgan fingerprint density at radius 3 is 2.48 bits per heavy atom.